The fourth-order valence-corrected chi connectivity index (χ4v) is 3.40. The molecule has 0 spiro atoms. The molecule has 0 bridgehead atoms. The fraction of sp³-hybridized carbons (Fsp3) is 0.529. The number of carbonyl (C=O) groups excluding carboxylic acids is 1. The van der Waals surface area contributed by atoms with Crippen molar-refractivity contribution < 1.29 is 4.79 Å². The van der Waals surface area contributed by atoms with Crippen LogP contribution >= 0.6 is 11.6 Å². The molecule has 1 saturated heterocycles. The lowest BCUT2D eigenvalue weighted by Gasteiger charge is -2.24. The summed E-state index contributed by atoms with van der Waals surface area (Å²) in [6.45, 7) is 2.82. The van der Waals surface area contributed by atoms with E-state index in [1.54, 1.807) is 25.1 Å². The summed E-state index contributed by atoms with van der Waals surface area (Å²) in [5.41, 5.74) is 2.14. The van der Waals surface area contributed by atoms with E-state index in [4.69, 9.17) is 11.6 Å². The molecular formula is C17H24ClN5O. The summed E-state index contributed by atoms with van der Waals surface area (Å²) < 4.78 is 1.94. The van der Waals surface area contributed by atoms with Gasteiger partial charge in [0.05, 0.1) is 10.7 Å². The Morgan fingerprint density at radius 2 is 2.12 bits per heavy atom. The van der Waals surface area contributed by atoms with Crippen LogP contribution < -0.4 is 0 Å². The second kappa shape index (κ2) is 6.70. The third-order valence-electron chi connectivity index (χ3n) is 4.68. The average molecular weight is 350 g/mol. The number of amides is 1. The van der Waals surface area contributed by atoms with E-state index in [0.717, 1.165) is 30.9 Å². The number of hydrogen-bond donors (Lipinski definition) is 0. The van der Waals surface area contributed by atoms with Gasteiger partial charge in [-0.2, -0.15) is 0 Å². The Hall–Kier alpha value is -1.63. The molecule has 3 rings (SSSR count). The first-order valence-electron chi connectivity index (χ1n) is 8.13. The van der Waals surface area contributed by atoms with Crippen LogP contribution in [0.4, 0.5) is 0 Å². The lowest BCUT2D eigenvalue weighted by atomic mass is 10.2. The zero-order chi connectivity index (χ0) is 17.4. The topological polar surface area (TPSA) is 44.1 Å². The number of imidazole rings is 1. The van der Waals surface area contributed by atoms with Crippen LogP contribution in [0.2, 0.25) is 5.02 Å². The summed E-state index contributed by atoms with van der Waals surface area (Å²) in [6, 6.07) is 4.14. The Morgan fingerprint density at radius 3 is 2.75 bits per heavy atom. The molecular weight excluding hydrogens is 326 g/mol. The lowest BCUT2D eigenvalue weighted by Crippen LogP contribution is -2.34. The summed E-state index contributed by atoms with van der Waals surface area (Å²) in [4.78, 5) is 23.3. The maximum absolute atomic E-state index is 12.6. The molecule has 3 heterocycles. The largest absolute Gasteiger partial charge is 0.343 e. The number of carbonyl (C=O) groups is 1. The quantitative estimate of drug-likeness (QED) is 0.844. The molecule has 0 saturated carbocycles. The van der Waals surface area contributed by atoms with Gasteiger partial charge in [-0.15, -0.1) is 0 Å². The van der Waals surface area contributed by atoms with Crippen LogP contribution in [0.3, 0.4) is 0 Å². The van der Waals surface area contributed by atoms with Crippen LogP contribution in [0, 0.1) is 0 Å². The Kier molecular flexibility index (Phi) is 4.80. The first-order valence-corrected chi connectivity index (χ1v) is 8.51. The standard InChI is InChI=1S/C17H24ClN5O/c1-20(2)17(24)16-14(11-22(4)13-7-8-21(3)10-13)23-9-12(18)5-6-15(23)19-16/h5-6,9,13H,7-8,10-11H2,1-4H3/t13-/m1/s1. The van der Waals surface area contributed by atoms with Crippen LogP contribution in [-0.4, -0.2) is 77.3 Å². The highest BCUT2D eigenvalue weighted by Gasteiger charge is 2.27. The van der Waals surface area contributed by atoms with Gasteiger partial charge in [-0.1, -0.05) is 11.6 Å². The predicted molar refractivity (Wildman–Crippen MR) is 95.6 cm³/mol. The molecule has 1 amide bonds. The Labute approximate surface area is 147 Å². The molecule has 0 unspecified atom stereocenters. The van der Waals surface area contributed by atoms with Crippen molar-refractivity contribution in [2.75, 3.05) is 41.3 Å². The first-order chi connectivity index (χ1) is 11.4. The minimum Gasteiger partial charge on any atom is -0.343 e. The van der Waals surface area contributed by atoms with Crippen molar-refractivity contribution in [3.8, 4) is 0 Å². The highest BCUT2D eigenvalue weighted by molar-refractivity contribution is 6.30. The SMILES string of the molecule is CN1CC[C@@H](N(C)Cc2c(C(=O)N(C)C)nc3ccc(Cl)cn23)C1. The molecule has 0 aromatic carbocycles. The Morgan fingerprint density at radius 1 is 1.38 bits per heavy atom. The summed E-state index contributed by atoms with van der Waals surface area (Å²) in [5.74, 6) is -0.0817. The summed E-state index contributed by atoms with van der Waals surface area (Å²) >= 11 is 6.16. The van der Waals surface area contributed by atoms with E-state index in [1.165, 1.54) is 0 Å². The summed E-state index contributed by atoms with van der Waals surface area (Å²) in [5, 5.41) is 0.633. The van der Waals surface area contributed by atoms with E-state index in [9.17, 15) is 4.79 Å². The molecule has 1 atom stereocenters. The highest BCUT2D eigenvalue weighted by atomic mass is 35.5. The first kappa shape index (κ1) is 17.2. The van der Waals surface area contributed by atoms with Gasteiger partial charge in [0.1, 0.15) is 5.65 Å². The van der Waals surface area contributed by atoms with E-state index < -0.39 is 0 Å². The van der Waals surface area contributed by atoms with Crippen molar-refractivity contribution in [3.05, 3.63) is 34.7 Å². The van der Waals surface area contributed by atoms with E-state index >= 15 is 0 Å². The molecule has 2 aromatic heterocycles. The van der Waals surface area contributed by atoms with Crippen molar-refractivity contribution in [1.29, 1.82) is 0 Å². The molecule has 1 aliphatic rings. The number of likely N-dealkylation sites (tertiary alicyclic amines) is 1. The van der Waals surface area contributed by atoms with Crippen molar-refractivity contribution >= 4 is 23.2 Å². The zero-order valence-electron chi connectivity index (χ0n) is 14.7. The van der Waals surface area contributed by atoms with Gasteiger partial charge < -0.3 is 14.2 Å². The number of likely N-dealkylation sites (N-methyl/N-ethyl adjacent to an activating group) is 2. The number of hydrogen-bond acceptors (Lipinski definition) is 4. The fourth-order valence-electron chi connectivity index (χ4n) is 3.24. The van der Waals surface area contributed by atoms with Crippen molar-refractivity contribution in [3.63, 3.8) is 0 Å². The molecule has 7 heteroatoms. The average Bonchev–Trinajstić information content (AvgIpc) is 3.11. The third-order valence-corrected chi connectivity index (χ3v) is 4.90. The lowest BCUT2D eigenvalue weighted by molar-refractivity contribution is 0.0819. The number of rotatable bonds is 4. The maximum atomic E-state index is 12.6. The minimum atomic E-state index is -0.0817. The highest BCUT2D eigenvalue weighted by Crippen LogP contribution is 2.21. The predicted octanol–water partition coefficient (Wildman–Crippen LogP) is 1.83. The van der Waals surface area contributed by atoms with Crippen LogP contribution in [0.5, 0.6) is 0 Å². The smallest absolute Gasteiger partial charge is 0.273 e. The maximum Gasteiger partial charge on any atom is 0.273 e. The number of nitrogens with zero attached hydrogens (tertiary/aromatic N) is 5. The molecule has 24 heavy (non-hydrogen) atoms. The third kappa shape index (κ3) is 3.27. The van der Waals surface area contributed by atoms with Crippen LogP contribution in [0.1, 0.15) is 22.6 Å². The molecule has 1 fully saturated rings. The molecule has 2 aromatic rings. The summed E-state index contributed by atoms with van der Waals surface area (Å²) in [6.07, 6.45) is 2.97. The Balaban J connectivity index is 1.98. The molecule has 0 radical (unpaired) electrons. The van der Waals surface area contributed by atoms with Crippen molar-refractivity contribution in [2.45, 2.75) is 19.0 Å². The minimum absolute atomic E-state index is 0.0817. The molecule has 0 N–H and O–H groups in total. The van der Waals surface area contributed by atoms with E-state index in [0.29, 0.717) is 23.3 Å². The monoisotopic (exact) mass is 349 g/mol. The van der Waals surface area contributed by atoms with Crippen molar-refractivity contribution in [2.24, 2.45) is 0 Å². The number of pyridine rings is 1. The molecule has 0 aliphatic carbocycles. The Bertz CT molecular complexity index is 757. The van der Waals surface area contributed by atoms with Gasteiger partial charge in [-0.05, 0) is 39.2 Å². The van der Waals surface area contributed by atoms with Gasteiger partial charge in [-0.25, -0.2) is 4.98 Å². The molecule has 130 valence electrons. The number of halogens is 1. The van der Waals surface area contributed by atoms with Gasteiger partial charge in [0.2, 0.25) is 0 Å². The van der Waals surface area contributed by atoms with E-state index in [-0.39, 0.29) is 5.91 Å². The summed E-state index contributed by atoms with van der Waals surface area (Å²) in [7, 11) is 7.75. The van der Waals surface area contributed by atoms with Crippen LogP contribution in [0.15, 0.2) is 18.3 Å². The number of aromatic nitrogens is 2. The zero-order valence-corrected chi connectivity index (χ0v) is 15.4. The second-order valence-corrected chi connectivity index (χ2v) is 7.24. The normalized spacial score (nSPS) is 18.7. The number of fused-ring (bicyclic) bond motifs is 1. The van der Waals surface area contributed by atoms with Crippen molar-refractivity contribution in [1.82, 2.24) is 24.1 Å². The van der Waals surface area contributed by atoms with E-state index in [2.05, 4.69) is 28.9 Å². The van der Waals surface area contributed by atoms with Gasteiger partial charge in [0.25, 0.3) is 5.91 Å². The van der Waals surface area contributed by atoms with Crippen LogP contribution in [-0.2, 0) is 6.54 Å². The molecule has 1 aliphatic heterocycles. The van der Waals surface area contributed by atoms with Gasteiger partial charge in [0, 0.05) is 39.4 Å². The second-order valence-electron chi connectivity index (χ2n) is 6.80. The van der Waals surface area contributed by atoms with Gasteiger partial charge in [-0.3, -0.25) is 9.69 Å². The molecule has 6 nitrogen and oxygen atoms in total. The van der Waals surface area contributed by atoms with E-state index in [1.807, 2.05) is 16.7 Å². The van der Waals surface area contributed by atoms with Gasteiger partial charge >= 0.3 is 0 Å². The van der Waals surface area contributed by atoms with Crippen LogP contribution in [0.25, 0.3) is 5.65 Å². The van der Waals surface area contributed by atoms with Gasteiger partial charge in [0.15, 0.2) is 5.69 Å².